The molecule has 6 nitrogen and oxygen atoms in total. The quantitative estimate of drug-likeness (QED) is 0.412. The van der Waals surface area contributed by atoms with Gasteiger partial charge in [0, 0.05) is 29.5 Å². The number of halogens is 2. The first kappa shape index (κ1) is 26.5. The zero-order chi connectivity index (χ0) is 24.4. The number of aromatic nitrogens is 1. The maximum Gasteiger partial charge on any atom is 0.259 e. The summed E-state index contributed by atoms with van der Waals surface area (Å²) in [6.07, 6.45) is 11.2. The van der Waals surface area contributed by atoms with Crippen LogP contribution in [-0.2, 0) is 4.79 Å². The van der Waals surface area contributed by atoms with E-state index in [1.54, 1.807) is 11.0 Å². The third-order valence-corrected chi connectivity index (χ3v) is 6.91. The highest BCUT2D eigenvalue weighted by Gasteiger charge is 2.36. The van der Waals surface area contributed by atoms with Gasteiger partial charge in [0.05, 0.1) is 23.4 Å². The Morgan fingerprint density at radius 3 is 2.57 bits per heavy atom. The number of benzene rings is 1. The number of nitrogens with one attached hydrogen (secondary N) is 3. The molecule has 1 aliphatic carbocycles. The molecule has 4 rings (SSSR count). The van der Waals surface area contributed by atoms with Crippen molar-refractivity contribution in [2.45, 2.75) is 45.6 Å². The van der Waals surface area contributed by atoms with Crippen molar-refractivity contribution in [3.05, 3.63) is 52.1 Å². The molecule has 0 unspecified atom stereocenters. The number of H-pyrrole nitrogens is 1. The number of hydrogen-bond donors (Lipinski definition) is 3. The maximum absolute atomic E-state index is 15.0. The van der Waals surface area contributed by atoms with Crippen LogP contribution in [0.3, 0.4) is 0 Å². The standard InChI is InChI=1S/C27H31FN4O2.ClH/c1-5-10-30-26(33)22-14-25-20(12-23(22)28)21(13-24-16(2)11-17(3)31-24)27(34)32(25)15-18-6-8-19(29-4)9-7-18;/h1,11-14,18-19,29,31H,6-10,15H2,2-4H3,(H,30,33);1H/b21-13-;. The Morgan fingerprint density at radius 2 is 1.97 bits per heavy atom. The molecule has 0 radical (unpaired) electrons. The first-order chi connectivity index (χ1) is 16.3. The summed E-state index contributed by atoms with van der Waals surface area (Å²) < 4.78 is 15.0. The van der Waals surface area contributed by atoms with Gasteiger partial charge < -0.3 is 20.5 Å². The zero-order valence-electron chi connectivity index (χ0n) is 20.3. The van der Waals surface area contributed by atoms with E-state index in [4.69, 9.17) is 6.42 Å². The summed E-state index contributed by atoms with van der Waals surface area (Å²) >= 11 is 0. The van der Waals surface area contributed by atoms with Gasteiger partial charge >= 0.3 is 0 Å². The first-order valence-electron chi connectivity index (χ1n) is 11.7. The molecular weight excluding hydrogens is 467 g/mol. The Balaban J connectivity index is 0.00000342. The topological polar surface area (TPSA) is 77.2 Å². The van der Waals surface area contributed by atoms with Gasteiger partial charge in [-0.1, -0.05) is 5.92 Å². The molecule has 2 amide bonds. The van der Waals surface area contributed by atoms with Crippen molar-refractivity contribution in [2.75, 3.05) is 25.0 Å². The van der Waals surface area contributed by atoms with Crippen LogP contribution in [0.5, 0.6) is 0 Å². The van der Waals surface area contributed by atoms with Crippen molar-refractivity contribution in [1.82, 2.24) is 15.6 Å². The van der Waals surface area contributed by atoms with E-state index in [2.05, 4.69) is 21.5 Å². The molecule has 8 heteroatoms. The number of amides is 2. The van der Waals surface area contributed by atoms with Crippen LogP contribution in [-0.4, -0.2) is 43.0 Å². The largest absolute Gasteiger partial charge is 0.359 e. The molecule has 0 bridgehead atoms. The Morgan fingerprint density at radius 1 is 1.26 bits per heavy atom. The second-order valence-corrected chi connectivity index (χ2v) is 9.27. The highest BCUT2D eigenvalue weighted by Crippen LogP contribution is 2.41. The predicted molar refractivity (Wildman–Crippen MR) is 140 cm³/mol. The van der Waals surface area contributed by atoms with Gasteiger partial charge in [-0.25, -0.2) is 4.39 Å². The SMILES string of the molecule is C#CCNC(=O)c1cc2c(cc1F)/C(=C/c1[nH]c(C)cc1C)C(=O)N2CC1CCC(NC)CC1.Cl. The molecular formula is C27H32ClFN4O2. The average Bonchev–Trinajstić information content (AvgIpc) is 3.27. The van der Waals surface area contributed by atoms with Crippen LogP contribution in [0.1, 0.15) is 58.6 Å². The number of anilines is 1. The van der Waals surface area contributed by atoms with Gasteiger partial charge in [-0.15, -0.1) is 18.8 Å². The Labute approximate surface area is 212 Å². The van der Waals surface area contributed by atoms with Crippen LogP contribution in [0.2, 0.25) is 0 Å². The molecule has 2 aromatic rings. The number of carbonyl (C=O) groups is 2. The lowest BCUT2D eigenvalue weighted by molar-refractivity contribution is -0.113. The van der Waals surface area contributed by atoms with Gasteiger partial charge in [0.25, 0.3) is 11.8 Å². The first-order valence-corrected chi connectivity index (χ1v) is 11.7. The molecule has 2 heterocycles. The monoisotopic (exact) mass is 498 g/mol. The summed E-state index contributed by atoms with van der Waals surface area (Å²) in [4.78, 5) is 31.1. The molecule has 1 aliphatic heterocycles. The van der Waals surface area contributed by atoms with Crippen LogP contribution >= 0.6 is 12.4 Å². The lowest BCUT2D eigenvalue weighted by atomic mass is 9.85. The van der Waals surface area contributed by atoms with E-state index in [-0.39, 0.29) is 30.4 Å². The lowest BCUT2D eigenvalue weighted by Crippen LogP contribution is -2.37. The van der Waals surface area contributed by atoms with Crippen LogP contribution in [0, 0.1) is 37.9 Å². The van der Waals surface area contributed by atoms with Crippen molar-refractivity contribution >= 4 is 41.6 Å². The summed E-state index contributed by atoms with van der Waals surface area (Å²) in [5.41, 5.74) is 4.21. The normalized spacial score (nSPS) is 20.4. The van der Waals surface area contributed by atoms with Gasteiger partial charge in [0.15, 0.2) is 0 Å². The molecule has 1 aromatic heterocycles. The van der Waals surface area contributed by atoms with E-state index < -0.39 is 11.7 Å². The number of carbonyl (C=O) groups excluding carboxylic acids is 2. The second-order valence-electron chi connectivity index (χ2n) is 9.27. The highest BCUT2D eigenvalue weighted by atomic mass is 35.5. The predicted octanol–water partition coefficient (Wildman–Crippen LogP) is 4.22. The van der Waals surface area contributed by atoms with Gasteiger partial charge in [-0.3, -0.25) is 9.59 Å². The van der Waals surface area contributed by atoms with Gasteiger partial charge in [0.2, 0.25) is 0 Å². The number of fused-ring (bicyclic) bond motifs is 1. The van der Waals surface area contributed by atoms with Crippen LogP contribution in [0.4, 0.5) is 10.1 Å². The van der Waals surface area contributed by atoms with Crippen LogP contribution in [0.25, 0.3) is 11.6 Å². The van der Waals surface area contributed by atoms with Crippen LogP contribution < -0.4 is 15.5 Å². The molecule has 186 valence electrons. The zero-order valence-corrected chi connectivity index (χ0v) is 21.2. The molecule has 35 heavy (non-hydrogen) atoms. The van der Waals surface area contributed by atoms with Crippen molar-refractivity contribution in [3.8, 4) is 12.3 Å². The minimum Gasteiger partial charge on any atom is -0.359 e. The molecule has 0 saturated heterocycles. The highest BCUT2D eigenvalue weighted by molar-refractivity contribution is 6.36. The summed E-state index contributed by atoms with van der Waals surface area (Å²) in [5.74, 6) is 1.23. The molecule has 3 N–H and O–H groups in total. The number of nitrogens with zero attached hydrogens (tertiary/aromatic N) is 1. The lowest BCUT2D eigenvalue weighted by Gasteiger charge is -2.31. The van der Waals surface area contributed by atoms with Crippen LogP contribution in [0.15, 0.2) is 18.2 Å². The minimum atomic E-state index is -0.678. The average molecular weight is 499 g/mol. The third kappa shape index (κ3) is 5.44. The molecule has 0 spiro atoms. The van der Waals surface area contributed by atoms with E-state index >= 15 is 4.39 Å². The maximum atomic E-state index is 15.0. The number of terminal acetylenes is 1. The van der Waals surface area contributed by atoms with E-state index in [1.807, 2.05) is 27.0 Å². The smallest absolute Gasteiger partial charge is 0.259 e. The fraction of sp³-hybridized carbons (Fsp3) is 0.407. The number of hydrogen-bond acceptors (Lipinski definition) is 3. The van der Waals surface area contributed by atoms with Crippen molar-refractivity contribution in [1.29, 1.82) is 0 Å². The third-order valence-electron chi connectivity index (χ3n) is 6.91. The fourth-order valence-electron chi connectivity index (χ4n) is 5.03. The number of rotatable bonds is 6. The summed E-state index contributed by atoms with van der Waals surface area (Å²) in [6.45, 7) is 4.46. The summed E-state index contributed by atoms with van der Waals surface area (Å²) in [7, 11) is 1.98. The van der Waals surface area contributed by atoms with Gasteiger partial charge in [-0.2, -0.15) is 0 Å². The summed E-state index contributed by atoms with van der Waals surface area (Å²) in [6, 6.07) is 5.30. The van der Waals surface area contributed by atoms with E-state index in [9.17, 15) is 9.59 Å². The van der Waals surface area contributed by atoms with Crippen molar-refractivity contribution < 1.29 is 14.0 Å². The number of aryl methyl sites for hydroxylation is 2. The van der Waals surface area contributed by atoms with E-state index in [0.29, 0.717) is 35.3 Å². The Bertz CT molecular complexity index is 1190. The number of aromatic amines is 1. The summed E-state index contributed by atoms with van der Waals surface area (Å²) in [5, 5.41) is 5.85. The minimum absolute atomic E-state index is 0. The second kappa shape index (κ2) is 11.1. The molecule has 1 saturated carbocycles. The molecule has 0 atom stereocenters. The van der Waals surface area contributed by atoms with E-state index in [0.717, 1.165) is 42.6 Å². The molecule has 2 aliphatic rings. The Kier molecular flexibility index (Phi) is 8.42. The molecule has 1 fully saturated rings. The Hall–Kier alpha value is -3.08. The fourth-order valence-corrected chi connectivity index (χ4v) is 5.03. The van der Waals surface area contributed by atoms with Gasteiger partial charge in [0.1, 0.15) is 5.82 Å². The molecule has 1 aromatic carbocycles. The van der Waals surface area contributed by atoms with Crippen molar-refractivity contribution in [3.63, 3.8) is 0 Å². The van der Waals surface area contributed by atoms with E-state index in [1.165, 1.54) is 12.1 Å². The van der Waals surface area contributed by atoms with Gasteiger partial charge in [-0.05, 0) is 82.3 Å². The van der Waals surface area contributed by atoms with Crippen molar-refractivity contribution in [2.24, 2.45) is 5.92 Å².